The van der Waals surface area contributed by atoms with Gasteiger partial charge in [0.1, 0.15) is 0 Å². The molecule has 0 aromatic heterocycles. The second kappa shape index (κ2) is 4.80. The maximum Gasteiger partial charge on any atom is 0.171 e. The second-order valence-corrected chi connectivity index (χ2v) is 6.44. The molecule has 1 atom stereocenters. The summed E-state index contributed by atoms with van der Waals surface area (Å²) >= 11 is 2.98. The molecule has 0 aromatic carbocycles. The third kappa shape index (κ3) is 2.13. The monoisotopic (exact) mass is 254 g/mol. The molecule has 4 heteroatoms. The molecule has 2 aliphatic rings. The first-order chi connectivity index (χ1) is 7.61. The van der Waals surface area contributed by atoms with E-state index in [-0.39, 0.29) is 17.5 Å². The maximum absolute atomic E-state index is 12.2. The van der Waals surface area contributed by atoms with Gasteiger partial charge in [-0.2, -0.15) is 0 Å². The fourth-order valence-corrected chi connectivity index (χ4v) is 3.95. The van der Waals surface area contributed by atoms with Crippen LogP contribution < -0.4 is 0 Å². The van der Waals surface area contributed by atoms with Crippen LogP contribution in [-0.2, 0) is 9.59 Å². The third-order valence-electron chi connectivity index (χ3n) is 2.96. The average molecular weight is 254 g/mol. The molecule has 0 aromatic rings. The molecular formula is C12H14O2S2. The van der Waals surface area contributed by atoms with Gasteiger partial charge in [0.25, 0.3) is 0 Å². The predicted octanol–water partition coefficient (Wildman–Crippen LogP) is 3.35. The van der Waals surface area contributed by atoms with Crippen LogP contribution in [0.5, 0.6) is 0 Å². The van der Waals surface area contributed by atoms with Crippen LogP contribution in [0.3, 0.4) is 0 Å². The van der Waals surface area contributed by atoms with Crippen molar-refractivity contribution < 1.29 is 9.59 Å². The minimum Gasteiger partial charge on any atom is -0.294 e. The van der Waals surface area contributed by atoms with Crippen LogP contribution in [0.1, 0.15) is 26.7 Å². The molecule has 0 spiro atoms. The third-order valence-corrected chi connectivity index (χ3v) is 5.09. The van der Waals surface area contributed by atoms with E-state index in [2.05, 4.69) is 0 Å². The summed E-state index contributed by atoms with van der Waals surface area (Å²) in [5.41, 5.74) is 0.463. The Morgan fingerprint density at radius 3 is 2.44 bits per heavy atom. The normalized spacial score (nSPS) is 26.1. The van der Waals surface area contributed by atoms with E-state index < -0.39 is 0 Å². The number of thioether (sulfide) groups is 2. The van der Waals surface area contributed by atoms with Crippen molar-refractivity contribution in [1.29, 1.82) is 0 Å². The van der Waals surface area contributed by atoms with Gasteiger partial charge in [-0.1, -0.05) is 37.4 Å². The summed E-state index contributed by atoms with van der Waals surface area (Å²) in [5, 5.41) is 3.85. The van der Waals surface area contributed by atoms with Gasteiger partial charge in [-0.3, -0.25) is 9.59 Å². The Kier molecular flexibility index (Phi) is 3.60. The van der Waals surface area contributed by atoms with Crippen LogP contribution in [0.15, 0.2) is 20.6 Å². The van der Waals surface area contributed by atoms with Gasteiger partial charge >= 0.3 is 0 Å². The van der Waals surface area contributed by atoms with E-state index in [1.807, 2.05) is 24.7 Å². The largest absolute Gasteiger partial charge is 0.294 e. The number of carbonyl (C=O) groups excluding carboxylic acids is 2. The molecule has 1 aliphatic heterocycles. The van der Waals surface area contributed by atoms with Gasteiger partial charge in [0.15, 0.2) is 11.6 Å². The van der Waals surface area contributed by atoms with Gasteiger partial charge in [-0.15, -0.1) is 0 Å². The van der Waals surface area contributed by atoms with Crippen molar-refractivity contribution in [3.63, 3.8) is 0 Å². The highest BCUT2D eigenvalue weighted by atomic mass is 32.2. The fraction of sp³-hybridized carbons (Fsp3) is 0.500. The van der Waals surface area contributed by atoms with Crippen molar-refractivity contribution in [1.82, 2.24) is 0 Å². The molecule has 2 rings (SSSR count). The number of carbonyl (C=O) groups is 2. The zero-order chi connectivity index (χ0) is 11.7. The molecule has 1 saturated carbocycles. The van der Waals surface area contributed by atoms with Crippen molar-refractivity contribution in [3.05, 3.63) is 20.6 Å². The van der Waals surface area contributed by atoms with Crippen LogP contribution in [0, 0.1) is 11.8 Å². The molecule has 1 fully saturated rings. The van der Waals surface area contributed by atoms with Gasteiger partial charge < -0.3 is 0 Å². The van der Waals surface area contributed by atoms with Crippen LogP contribution >= 0.6 is 23.5 Å². The molecule has 86 valence electrons. The van der Waals surface area contributed by atoms with Crippen LogP contribution in [-0.4, -0.2) is 11.6 Å². The van der Waals surface area contributed by atoms with Crippen LogP contribution in [0.4, 0.5) is 0 Å². The first-order valence-corrected chi connectivity index (χ1v) is 7.17. The highest BCUT2D eigenvalue weighted by molar-refractivity contribution is 8.27. The van der Waals surface area contributed by atoms with Crippen molar-refractivity contribution in [2.75, 3.05) is 0 Å². The fourth-order valence-electron chi connectivity index (χ4n) is 2.04. The zero-order valence-corrected chi connectivity index (χ0v) is 11.0. The van der Waals surface area contributed by atoms with E-state index >= 15 is 0 Å². The van der Waals surface area contributed by atoms with Crippen molar-refractivity contribution in [2.45, 2.75) is 26.7 Å². The topological polar surface area (TPSA) is 34.1 Å². The Balaban J connectivity index is 2.31. The molecule has 16 heavy (non-hydrogen) atoms. The molecule has 0 radical (unpaired) electrons. The summed E-state index contributed by atoms with van der Waals surface area (Å²) in [7, 11) is 0. The Hall–Kier alpha value is -0.480. The quantitative estimate of drug-likeness (QED) is 0.531. The molecule has 1 aliphatic carbocycles. The number of allylic oxidation sites excluding steroid dienone is 1. The SMILES string of the molecule is CC(C)C1CCC(=O)C(=C2SC=CS2)C1=O. The smallest absolute Gasteiger partial charge is 0.171 e. The molecule has 1 unspecified atom stereocenters. The summed E-state index contributed by atoms with van der Waals surface area (Å²) in [6.07, 6.45) is 1.24. The van der Waals surface area contributed by atoms with E-state index in [9.17, 15) is 9.59 Å². The van der Waals surface area contributed by atoms with Gasteiger partial charge in [-0.25, -0.2) is 0 Å². The Morgan fingerprint density at radius 1 is 1.25 bits per heavy atom. The van der Waals surface area contributed by atoms with E-state index in [4.69, 9.17) is 0 Å². The lowest BCUT2D eigenvalue weighted by Gasteiger charge is -2.25. The Bertz CT molecular complexity index is 384. The number of hydrogen-bond acceptors (Lipinski definition) is 4. The second-order valence-electron chi connectivity index (χ2n) is 4.35. The lowest BCUT2D eigenvalue weighted by atomic mass is 9.78. The van der Waals surface area contributed by atoms with E-state index in [0.29, 0.717) is 17.9 Å². The van der Waals surface area contributed by atoms with E-state index in [1.165, 1.54) is 23.5 Å². The highest BCUT2D eigenvalue weighted by Gasteiger charge is 2.36. The molecule has 0 bridgehead atoms. The summed E-state index contributed by atoms with van der Waals surface area (Å²) in [6.45, 7) is 4.10. The minimum absolute atomic E-state index is 0.0283. The van der Waals surface area contributed by atoms with Gasteiger partial charge in [0.05, 0.1) is 9.81 Å². The molecule has 0 N–H and O–H groups in total. The van der Waals surface area contributed by atoms with E-state index in [1.54, 1.807) is 0 Å². The van der Waals surface area contributed by atoms with E-state index in [0.717, 1.165) is 10.7 Å². The van der Waals surface area contributed by atoms with Crippen molar-refractivity contribution in [2.24, 2.45) is 11.8 Å². The summed E-state index contributed by atoms with van der Waals surface area (Å²) < 4.78 is 0.875. The first-order valence-electron chi connectivity index (χ1n) is 5.41. The zero-order valence-electron chi connectivity index (χ0n) is 9.36. The minimum atomic E-state index is 0.0283. The number of ketones is 2. The van der Waals surface area contributed by atoms with Crippen molar-refractivity contribution >= 4 is 35.1 Å². The number of Topliss-reactive ketones (excluding diaryl/α,β-unsaturated/α-hetero) is 2. The standard InChI is InChI=1S/C12H14O2S2/c1-7(2)8-3-4-9(13)10(11(8)14)12-15-5-6-16-12/h5-8H,3-4H2,1-2H3. The summed E-state index contributed by atoms with van der Waals surface area (Å²) in [5.74, 6) is 0.438. The number of rotatable bonds is 1. The predicted molar refractivity (Wildman–Crippen MR) is 68.9 cm³/mol. The summed E-state index contributed by atoms with van der Waals surface area (Å²) in [4.78, 5) is 24.1. The molecular weight excluding hydrogens is 240 g/mol. The summed E-state index contributed by atoms with van der Waals surface area (Å²) in [6, 6.07) is 0. The van der Waals surface area contributed by atoms with Gasteiger partial charge in [0.2, 0.25) is 0 Å². The first kappa shape index (κ1) is 12.0. The Labute approximate surface area is 104 Å². The maximum atomic E-state index is 12.2. The molecule has 0 saturated heterocycles. The highest BCUT2D eigenvalue weighted by Crippen LogP contribution is 2.43. The lowest BCUT2D eigenvalue weighted by Crippen LogP contribution is -2.31. The molecule has 0 amide bonds. The number of hydrogen-bond donors (Lipinski definition) is 0. The van der Waals surface area contributed by atoms with Crippen LogP contribution in [0.25, 0.3) is 0 Å². The molecule has 1 heterocycles. The Morgan fingerprint density at radius 2 is 1.88 bits per heavy atom. The van der Waals surface area contributed by atoms with Gasteiger partial charge in [0, 0.05) is 12.3 Å². The molecule has 2 nitrogen and oxygen atoms in total. The lowest BCUT2D eigenvalue weighted by molar-refractivity contribution is -0.127. The van der Waals surface area contributed by atoms with Crippen molar-refractivity contribution in [3.8, 4) is 0 Å². The average Bonchev–Trinajstić information content (AvgIpc) is 2.70. The van der Waals surface area contributed by atoms with Gasteiger partial charge in [-0.05, 0) is 23.2 Å². The van der Waals surface area contributed by atoms with Crippen LogP contribution in [0.2, 0.25) is 0 Å².